The number of carbonyl (C=O) groups is 1. The lowest BCUT2D eigenvalue weighted by molar-refractivity contribution is -0.114. The number of hydrogen-bond donors (Lipinski definition) is 1. The molecule has 0 aromatic heterocycles. The van der Waals surface area contributed by atoms with Gasteiger partial charge in [0.1, 0.15) is 5.82 Å². The molecule has 0 aliphatic carbocycles. The first-order chi connectivity index (χ1) is 5.59. The van der Waals surface area contributed by atoms with Gasteiger partial charge in [0.05, 0.1) is 5.02 Å². The first kappa shape index (κ1) is 9.00. The number of benzene rings is 1. The summed E-state index contributed by atoms with van der Waals surface area (Å²) in [6.07, 6.45) is 0. The van der Waals surface area contributed by atoms with Crippen molar-refractivity contribution in [3.63, 3.8) is 0 Å². The fraction of sp³-hybridized carbons (Fsp3) is 0.125. The van der Waals surface area contributed by atoms with Gasteiger partial charge in [-0.15, -0.1) is 0 Å². The van der Waals surface area contributed by atoms with Gasteiger partial charge in [0, 0.05) is 12.6 Å². The normalized spacial score (nSPS) is 9.58. The monoisotopic (exact) mass is 187 g/mol. The van der Waals surface area contributed by atoms with Gasteiger partial charge < -0.3 is 5.32 Å². The van der Waals surface area contributed by atoms with E-state index in [2.05, 4.69) is 5.32 Å². The van der Waals surface area contributed by atoms with Crippen molar-refractivity contribution in [3.05, 3.63) is 29.0 Å². The smallest absolute Gasteiger partial charge is 0.221 e. The van der Waals surface area contributed by atoms with Crippen LogP contribution < -0.4 is 5.32 Å². The summed E-state index contributed by atoms with van der Waals surface area (Å²) >= 11 is 5.47. The van der Waals surface area contributed by atoms with Crippen molar-refractivity contribution in [2.45, 2.75) is 6.92 Å². The molecular formula is C8H7ClFNO. The van der Waals surface area contributed by atoms with Gasteiger partial charge in [-0.05, 0) is 18.2 Å². The van der Waals surface area contributed by atoms with Crippen LogP contribution in [0.2, 0.25) is 5.02 Å². The predicted molar refractivity (Wildman–Crippen MR) is 45.7 cm³/mol. The van der Waals surface area contributed by atoms with Crippen LogP contribution in [-0.2, 0) is 4.79 Å². The molecule has 0 bridgehead atoms. The van der Waals surface area contributed by atoms with E-state index in [1.807, 2.05) is 0 Å². The van der Waals surface area contributed by atoms with E-state index in [9.17, 15) is 9.18 Å². The van der Waals surface area contributed by atoms with Crippen LogP contribution in [0.15, 0.2) is 18.2 Å². The minimum absolute atomic E-state index is 0.00116. The van der Waals surface area contributed by atoms with Gasteiger partial charge in [0.15, 0.2) is 0 Å². The molecule has 1 rings (SSSR count). The average molecular weight is 188 g/mol. The Balaban J connectivity index is 2.89. The third-order valence-corrected chi connectivity index (χ3v) is 1.53. The number of rotatable bonds is 1. The number of hydrogen-bond acceptors (Lipinski definition) is 1. The summed E-state index contributed by atoms with van der Waals surface area (Å²) in [5.74, 6) is -0.705. The van der Waals surface area contributed by atoms with Crippen LogP contribution >= 0.6 is 11.6 Å². The maximum atomic E-state index is 12.6. The summed E-state index contributed by atoms with van der Waals surface area (Å²) in [5.41, 5.74) is 0.494. The molecule has 0 fully saturated rings. The van der Waals surface area contributed by atoms with Crippen LogP contribution in [-0.4, -0.2) is 5.91 Å². The maximum Gasteiger partial charge on any atom is 0.221 e. The Kier molecular flexibility index (Phi) is 2.65. The van der Waals surface area contributed by atoms with Crippen LogP contribution in [0, 0.1) is 5.82 Å². The van der Waals surface area contributed by atoms with Crippen molar-refractivity contribution in [2.75, 3.05) is 5.32 Å². The molecule has 0 saturated carbocycles. The topological polar surface area (TPSA) is 29.1 Å². The highest BCUT2D eigenvalue weighted by atomic mass is 35.5. The van der Waals surface area contributed by atoms with Crippen LogP contribution in [0.3, 0.4) is 0 Å². The Bertz CT molecular complexity index is 314. The second-order valence-corrected chi connectivity index (χ2v) is 2.72. The summed E-state index contributed by atoms with van der Waals surface area (Å²) in [6.45, 7) is 1.37. The Morgan fingerprint density at radius 2 is 2.25 bits per heavy atom. The lowest BCUT2D eigenvalue weighted by Gasteiger charge is -2.01. The van der Waals surface area contributed by atoms with Gasteiger partial charge in [-0.3, -0.25) is 4.79 Å². The van der Waals surface area contributed by atoms with E-state index >= 15 is 0 Å². The summed E-state index contributed by atoms with van der Waals surface area (Å²) < 4.78 is 12.6. The number of anilines is 1. The Morgan fingerprint density at radius 1 is 1.58 bits per heavy atom. The molecule has 2 nitrogen and oxygen atoms in total. The number of carbonyl (C=O) groups excluding carboxylic acids is 1. The van der Waals surface area contributed by atoms with Gasteiger partial charge in [-0.2, -0.15) is 0 Å². The molecule has 0 aliphatic rings. The van der Waals surface area contributed by atoms with Crippen molar-refractivity contribution in [3.8, 4) is 0 Å². The standard InChI is InChI=1S/C8H7ClFNO/c1-5(12)11-6-2-3-8(10)7(9)4-6/h2-4H,1H3,(H,11,12). The van der Waals surface area contributed by atoms with Crippen molar-refractivity contribution < 1.29 is 9.18 Å². The highest BCUT2D eigenvalue weighted by molar-refractivity contribution is 6.31. The van der Waals surface area contributed by atoms with E-state index in [4.69, 9.17) is 11.6 Å². The van der Waals surface area contributed by atoms with E-state index < -0.39 is 5.82 Å². The SMILES string of the molecule is CC(=O)Nc1ccc(F)c(Cl)c1. The molecule has 64 valence electrons. The van der Waals surface area contributed by atoms with Gasteiger partial charge in [-0.1, -0.05) is 11.6 Å². The van der Waals surface area contributed by atoms with Crippen LogP contribution in [0.4, 0.5) is 10.1 Å². The van der Waals surface area contributed by atoms with E-state index in [1.54, 1.807) is 0 Å². The van der Waals surface area contributed by atoms with E-state index in [0.717, 1.165) is 0 Å². The quantitative estimate of drug-likeness (QED) is 0.719. The second kappa shape index (κ2) is 3.54. The Morgan fingerprint density at radius 3 is 2.75 bits per heavy atom. The summed E-state index contributed by atoms with van der Waals surface area (Å²) in [6, 6.07) is 4.01. The molecule has 0 saturated heterocycles. The first-order valence-corrected chi connectivity index (χ1v) is 3.70. The lowest BCUT2D eigenvalue weighted by atomic mass is 10.3. The zero-order valence-electron chi connectivity index (χ0n) is 6.40. The summed E-state index contributed by atoms with van der Waals surface area (Å²) in [7, 11) is 0. The fourth-order valence-electron chi connectivity index (χ4n) is 0.777. The molecular weight excluding hydrogens is 181 g/mol. The van der Waals surface area contributed by atoms with Gasteiger partial charge in [0.25, 0.3) is 0 Å². The fourth-order valence-corrected chi connectivity index (χ4v) is 0.958. The van der Waals surface area contributed by atoms with Crippen LogP contribution in [0.25, 0.3) is 0 Å². The highest BCUT2D eigenvalue weighted by Gasteiger charge is 2.00. The van der Waals surface area contributed by atoms with Gasteiger partial charge in [0.2, 0.25) is 5.91 Å². The molecule has 1 amide bonds. The van der Waals surface area contributed by atoms with E-state index in [-0.39, 0.29) is 10.9 Å². The molecule has 0 spiro atoms. The molecule has 4 heteroatoms. The van der Waals surface area contributed by atoms with E-state index in [0.29, 0.717) is 5.69 Å². The zero-order valence-corrected chi connectivity index (χ0v) is 7.15. The van der Waals surface area contributed by atoms with Crippen LogP contribution in [0.5, 0.6) is 0 Å². The number of nitrogens with one attached hydrogen (secondary N) is 1. The zero-order chi connectivity index (χ0) is 9.14. The largest absolute Gasteiger partial charge is 0.326 e. The Labute approximate surface area is 74.3 Å². The summed E-state index contributed by atoms with van der Waals surface area (Å²) in [4.78, 5) is 10.6. The Hall–Kier alpha value is -1.09. The average Bonchev–Trinajstić information content (AvgIpc) is 1.96. The lowest BCUT2D eigenvalue weighted by Crippen LogP contribution is -2.05. The van der Waals surface area contributed by atoms with Gasteiger partial charge in [-0.25, -0.2) is 4.39 Å². The first-order valence-electron chi connectivity index (χ1n) is 3.32. The molecule has 0 unspecified atom stereocenters. The minimum atomic E-state index is -0.495. The molecule has 0 heterocycles. The van der Waals surface area contributed by atoms with Crippen molar-refractivity contribution in [2.24, 2.45) is 0 Å². The molecule has 0 radical (unpaired) electrons. The molecule has 1 aromatic rings. The molecule has 1 aromatic carbocycles. The van der Waals surface area contributed by atoms with Crippen molar-refractivity contribution >= 4 is 23.2 Å². The maximum absolute atomic E-state index is 12.6. The van der Waals surface area contributed by atoms with Crippen molar-refractivity contribution in [1.29, 1.82) is 0 Å². The third kappa shape index (κ3) is 2.20. The van der Waals surface area contributed by atoms with Gasteiger partial charge >= 0.3 is 0 Å². The van der Waals surface area contributed by atoms with Crippen LogP contribution in [0.1, 0.15) is 6.92 Å². The number of halogens is 2. The van der Waals surface area contributed by atoms with E-state index in [1.165, 1.54) is 25.1 Å². The minimum Gasteiger partial charge on any atom is -0.326 e. The molecule has 0 atom stereocenters. The molecule has 1 N–H and O–H groups in total. The molecule has 12 heavy (non-hydrogen) atoms. The summed E-state index contributed by atoms with van der Waals surface area (Å²) in [5, 5.41) is 2.48. The van der Waals surface area contributed by atoms with Crippen molar-refractivity contribution in [1.82, 2.24) is 0 Å². The molecule has 0 aliphatic heterocycles. The number of amides is 1. The highest BCUT2D eigenvalue weighted by Crippen LogP contribution is 2.18. The third-order valence-electron chi connectivity index (χ3n) is 1.24. The predicted octanol–water partition coefficient (Wildman–Crippen LogP) is 2.44. The second-order valence-electron chi connectivity index (χ2n) is 2.31.